The molecule has 0 aliphatic carbocycles. The second kappa shape index (κ2) is 8.88. The van der Waals surface area contributed by atoms with Crippen LogP contribution in [0.3, 0.4) is 0 Å². The summed E-state index contributed by atoms with van der Waals surface area (Å²) in [4.78, 5) is 9.46. The smallest absolute Gasteiger partial charge is 0.214 e. The number of sulfonamides is 1. The predicted molar refractivity (Wildman–Crippen MR) is 115 cm³/mol. The molecule has 3 aliphatic rings. The van der Waals surface area contributed by atoms with Crippen LogP contribution in [0.25, 0.3) is 0 Å². The van der Waals surface area contributed by atoms with E-state index in [1.54, 1.807) is 4.31 Å². The molecule has 0 radical (unpaired) electrons. The quantitative estimate of drug-likeness (QED) is 0.723. The van der Waals surface area contributed by atoms with Gasteiger partial charge in [0, 0.05) is 58.1 Å². The number of aromatic nitrogens is 1. The van der Waals surface area contributed by atoms with Gasteiger partial charge < -0.3 is 9.64 Å². The molecule has 4 rings (SSSR count). The zero-order valence-corrected chi connectivity index (χ0v) is 18.3. The number of rotatable bonds is 5. The lowest BCUT2D eigenvalue weighted by atomic mass is 9.82. The number of ether oxygens (including phenoxy) is 1. The first-order valence-corrected chi connectivity index (χ1v) is 12.6. The number of piperidine rings is 1. The van der Waals surface area contributed by atoms with Crippen LogP contribution in [0.2, 0.25) is 0 Å². The third kappa shape index (κ3) is 4.76. The first-order valence-electron chi connectivity index (χ1n) is 11.0. The third-order valence-corrected chi connectivity index (χ3v) is 8.84. The van der Waals surface area contributed by atoms with Gasteiger partial charge in [-0.25, -0.2) is 17.7 Å². The standard InChI is InChI=1S/C21H34N4O3S/c1-2-17-29(26,27)25-10-7-21(8-11-25)18-19(6-16-28-21)23-12-14-24(15-13-23)20-5-3-4-9-22-20/h3-5,9,19H,2,6-8,10-18H2,1H3/t19-/m1/s1. The molecular formula is C21H34N4O3S. The first kappa shape index (κ1) is 21.0. The fourth-order valence-electron chi connectivity index (χ4n) is 5.08. The van der Waals surface area contributed by atoms with E-state index >= 15 is 0 Å². The summed E-state index contributed by atoms with van der Waals surface area (Å²) in [5.74, 6) is 1.32. The molecular weight excluding hydrogens is 388 g/mol. The molecule has 0 amide bonds. The Morgan fingerprint density at radius 1 is 1.14 bits per heavy atom. The molecule has 1 aromatic rings. The lowest BCUT2D eigenvalue weighted by molar-refractivity contribution is -0.127. The van der Waals surface area contributed by atoms with Crippen LogP contribution in [-0.2, 0) is 14.8 Å². The highest BCUT2D eigenvalue weighted by molar-refractivity contribution is 7.89. The van der Waals surface area contributed by atoms with E-state index in [0.717, 1.165) is 64.3 Å². The maximum absolute atomic E-state index is 12.4. The molecule has 1 atom stereocenters. The van der Waals surface area contributed by atoms with Crippen LogP contribution in [0, 0.1) is 0 Å². The summed E-state index contributed by atoms with van der Waals surface area (Å²) in [6, 6.07) is 6.62. The van der Waals surface area contributed by atoms with Crippen molar-refractivity contribution < 1.29 is 13.2 Å². The van der Waals surface area contributed by atoms with Gasteiger partial charge in [0.25, 0.3) is 0 Å². The van der Waals surface area contributed by atoms with E-state index in [-0.39, 0.29) is 11.4 Å². The predicted octanol–water partition coefficient (Wildman–Crippen LogP) is 1.96. The molecule has 3 fully saturated rings. The van der Waals surface area contributed by atoms with Crippen molar-refractivity contribution in [3.05, 3.63) is 24.4 Å². The van der Waals surface area contributed by atoms with Crippen molar-refractivity contribution in [3.63, 3.8) is 0 Å². The molecule has 1 aromatic heterocycles. The van der Waals surface area contributed by atoms with E-state index < -0.39 is 10.0 Å². The van der Waals surface area contributed by atoms with Crippen LogP contribution in [0.4, 0.5) is 5.82 Å². The van der Waals surface area contributed by atoms with E-state index in [4.69, 9.17) is 4.74 Å². The Bertz CT molecular complexity index is 757. The molecule has 7 nitrogen and oxygen atoms in total. The SMILES string of the molecule is CCCS(=O)(=O)N1CCC2(CC1)C[C@H](N1CCN(c3ccccn3)CC1)CCO2. The van der Waals surface area contributed by atoms with E-state index in [2.05, 4.69) is 20.9 Å². The number of nitrogens with zero attached hydrogens (tertiary/aromatic N) is 4. The third-order valence-electron chi connectivity index (χ3n) is 6.76. The normalized spacial score (nSPS) is 26.7. The summed E-state index contributed by atoms with van der Waals surface area (Å²) >= 11 is 0. The van der Waals surface area contributed by atoms with Crippen molar-refractivity contribution in [2.75, 3.05) is 56.5 Å². The molecule has 162 valence electrons. The van der Waals surface area contributed by atoms with Gasteiger partial charge in [0.1, 0.15) is 5.82 Å². The Kier molecular flexibility index (Phi) is 6.44. The van der Waals surface area contributed by atoms with Crippen molar-refractivity contribution in [2.45, 2.75) is 50.7 Å². The molecule has 4 heterocycles. The second-order valence-corrected chi connectivity index (χ2v) is 10.7. The highest BCUT2D eigenvalue weighted by atomic mass is 32.2. The van der Waals surface area contributed by atoms with Crippen molar-refractivity contribution in [1.29, 1.82) is 0 Å². The average Bonchev–Trinajstić information content (AvgIpc) is 2.75. The van der Waals surface area contributed by atoms with E-state index in [0.29, 0.717) is 25.6 Å². The Hall–Kier alpha value is -1.22. The fourth-order valence-corrected chi connectivity index (χ4v) is 6.59. The van der Waals surface area contributed by atoms with Gasteiger partial charge in [-0.15, -0.1) is 0 Å². The molecule has 3 aliphatic heterocycles. The molecule has 29 heavy (non-hydrogen) atoms. The van der Waals surface area contributed by atoms with Gasteiger partial charge in [-0.3, -0.25) is 4.90 Å². The van der Waals surface area contributed by atoms with E-state index in [1.165, 1.54) is 0 Å². The maximum atomic E-state index is 12.4. The van der Waals surface area contributed by atoms with Gasteiger partial charge >= 0.3 is 0 Å². The Labute approximate surface area is 175 Å². The van der Waals surface area contributed by atoms with Crippen LogP contribution in [-0.4, -0.2) is 85.9 Å². The monoisotopic (exact) mass is 422 g/mol. The average molecular weight is 423 g/mol. The minimum atomic E-state index is -3.10. The van der Waals surface area contributed by atoms with Gasteiger partial charge in [0.15, 0.2) is 0 Å². The largest absolute Gasteiger partial charge is 0.375 e. The zero-order chi connectivity index (χ0) is 20.3. The summed E-state index contributed by atoms with van der Waals surface area (Å²) in [6.45, 7) is 8.01. The molecule has 1 spiro atoms. The number of hydrogen-bond acceptors (Lipinski definition) is 6. The van der Waals surface area contributed by atoms with Gasteiger partial charge in [-0.05, 0) is 44.2 Å². The van der Waals surface area contributed by atoms with Crippen LogP contribution in [0.1, 0.15) is 39.0 Å². The summed E-state index contributed by atoms with van der Waals surface area (Å²) in [5, 5.41) is 0. The topological polar surface area (TPSA) is 66.0 Å². The summed E-state index contributed by atoms with van der Waals surface area (Å²) in [7, 11) is -3.10. The van der Waals surface area contributed by atoms with Gasteiger partial charge in [-0.2, -0.15) is 0 Å². The summed E-state index contributed by atoms with van der Waals surface area (Å²) in [6.07, 6.45) is 6.27. The van der Waals surface area contributed by atoms with Crippen molar-refractivity contribution in [3.8, 4) is 0 Å². The minimum Gasteiger partial charge on any atom is -0.375 e. The number of pyridine rings is 1. The van der Waals surface area contributed by atoms with Crippen molar-refractivity contribution in [1.82, 2.24) is 14.2 Å². The molecule has 8 heteroatoms. The van der Waals surface area contributed by atoms with E-state index in [9.17, 15) is 8.42 Å². The highest BCUT2D eigenvalue weighted by Crippen LogP contribution is 2.37. The van der Waals surface area contributed by atoms with Gasteiger partial charge in [0.05, 0.1) is 11.4 Å². The van der Waals surface area contributed by atoms with Crippen LogP contribution in [0.15, 0.2) is 24.4 Å². The van der Waals surface area contributed by atoms with Crippen molar-refractivity contribution >= 4 is 15.8 Å². The maximum Gasteiger partial charge on any atom is 0.214 e. The number of piperazine rings is 1. The molecule has 0 saturated carbocycles. The molecule has 0 N–H and O–H groups in total. The van der Waals surface area contributed by atoms with Gasteiger partial charge in [-0.1, -0.05) is 13.0 Å². The van der Waals surface area contributed by atoms with Crippen LogP contribution < -0.4 is 4.90 Å². The van der Waals surface area contributed by atoms with Crippen LogP contribution in [0.5, 0.6) is 0 Å². The fraction of sp³-hybridized carbons (Fsp3) is 0.762. The molecule has 0 aromatic carbocycles. The van der Waals surface area contributed by atoms with Crippen LogP contribution >= 0.6 is 0 Å². The Morgan fingerprint density at radius 2 is 1.90 bits per heavy atom. The highest BCUT2D eigenvalue weighted by Gasteiger charge is 2.43. The molecule has 3 saturated heterocycles. The van der Waals surface area contributed by atoms with Gasteiger partial charge in [0.2, 0.25) is 10.0 Å². The first-order chi connectivity index (χ1) is 14.0. The zero-order valence-electron chi connectivity index (χ0n) is 17.5. The van der Waals surface area contributed by atoms with Crippen molar-refractivity contribution in [2.24, 2.45) is 0 Å². The minimum absolute atomic E-state index is 0.140. The Balaban J connectivity index is 1.32. The second-order valence-electron chi connectivity index (χ2n) is 8.60. The molecule has 0 unspecified atom stereocenters. The summed E-state index contributed by atoms with van der Waals surface area (Å²) in [5.41, 5.74) is -0.140. The summed E-state index contributed by atoms with van der Waals surface area (Å²) < 4.78 is 32.7. The van der Waals surface area contributed by atoms with E-state index in [1.807, 2.05) is 25.3 Å². The molecule has 0 bridgehead atoms. The lowest BCUT2D eigenvalue weighted by Gasteiger charge is -2.49. The number of anilines is 1. The number of hydrogen-bond donors (Lipinski definition) is 0. The Morgan fingerprint density at radius 3 is 2.55 bits per heavy atom. The lowest BCUT2D eigenvalue weighted by Crippen LogP contribution is -2.57.